The summed E-state index contributed by atoms with van der Waals surface area (Å²) in [6, 6.07) is 16.4. The van der Waals surface area contributed by atoms with Crippen LogP contribution in [0.25, 0.3) is 5.69 Å². The molecule has 1 atom stereocenters. The van der Waals surface area contributed by atoms with Crippen molar-refractivity contribution in [1.29, 1.82) is 0 Å². The van der Waals surface area contributed by atoms with E-state index >= 15 is 0 Å². The van der Waals surface area contributed by atoms with Gasteiger partial charge in [0.2, 0.25) is 11.8 Å². The van der Waals surface area contributed by atoms with Gasteiger partial charge >= 0.3 is 17.8 Å². The minimum absolute atomic E-state index is 0.00903. The van der Waals surface area contributed by atoms with E-state index in [0.717, 1.165) is 6.54 Å². The Bertz CT molecular complexity index is 1780. The number of hydrogen-bond acceptors (Lipinski definition) is 10. The Balaban J connectivity index is 1.33. The number of amides is 4. The molecule has 4 amide bonds. The third-order valence-corrected chi connectivity index (χ3v) is 7.54. The van der Waals surface area contributed by atoms with Crippen LogP contribution < -0.4 is 20.9 Å². The molecular formula is C31H30ClN9O6. The molecule has 0 radical (unpaired) electrons. The Labute approximate surface area is 273 Å². The van der Waals surface area contributed by atoms with Crippen molar-refractivity contribution in [2.75, 3.05) is 49.3 Å². The normalized spacial score (nSPS) is 13.9. The second kappa shape index (κ2) is 14.6. The van der Waals surface area contributed by atoms with Gasteiger partial charge < -0.3 is 25.6 Å². The van der Waals surface area contributed by atoms with Crippen molar-refractivity contribution in [3.63, 3.8) is 0 Å². The molecule has 3 N–H and O–H groups in total. The molecule has 0 spiro atoms. The smallest absolute Gasteiger partial charge is 0.337 e. The molecule has 1 aliphatic rings. The van der Waals surface area contributed by atoms with Crippen molar-refractivity contribution < 1.29 is 28.7 Å². The highest BCUT2D eigenvalue weighted by atomic mass is 35.5. The number of nitrogens with zero attached hydrogens (tertiary/aromatic N) is 6. The van der Waals surface area contributed by atoms with Gasteiger partial charge in [0.1, 0.15) is 12.4 Å². The second-order valence-corrected chi connectivity index (χ2v) is 11.0. The molecule has 1 saturated heterocycles. The zero-order valence-corrected chi connectivity index (χ0v) is 26.1. The molecule has 16 heteroatoms. The van der Waals surface area contributed by atoms with E-state index in [0.29, 0.717) is 35.7 Å². The molecule has 15 nitrogen and oxygen atoms in total. The molecule has 0 saturated carbocycles. The molecule has 2 heterocycles. The lowest BCUT2D eigenvalue weighted by Gasteiger charge is -2.32. The topological polar surface area (TPSA) is 181 Å². The van der Waals surface area contributed by atoms with Gasteiger partial charge in [0, 0.05) is 35.9 Å². The van der Waals surface area contributed by atoms with Gasteiger partial charge in [0.25, 0.3) is 0 Å². The number of hydrogen-bond donors (Lipinski definition) is 3. The SMILES string of the molecule is COC(=O)c1ccc(NC(=O)C(Cc2ccc(N3CCN(C)CC3=O)cc2)NC(=O)C(=O)Nc2cc(Cl)ccc2-n2cnnn2)cc1. The number of carbonyl (C=O) groups excluding carboxylic acids is 5. The van der Waals surface area contributed by atoms with E-state index in [1.54, 1.807) is 41.3 Å². The molecule has 1 unspecified atom stereocenters. The molecular weight excluding hydrogens is 630 g/mol. The van der Waals surface area contributed by atoms with Crippen LogP contribution >= 0.6 is 11.6 Å². The first-order chi connectivity index (χ1) is 22.6. The predicted octanol–water partition coefficient (Wildman–Crippen LogP) is 1.69. The van der Waals surface area contributed by atoms with Crippen LogP contribution in [-0.4, -0.2) is 94.5 Å². The summed E-state index contributed by atoms with van der Waals surface area (Å²) >= 11 is 6.13. The molecule has 1 fully saturated rings. The largest absolute Gasteiger partial charge is 0.465 e. The van der Waals surface area contributed by atoms with Crippen molar-refractivity contribution >= 4 is 58.3 Å². The van der Waals surface area contributed by atoms with Crippen molar-refractivity contribution in [3.05, 3.63) is 89.2 Å². The van der Waals surface area contributed by atoms with Crippen LogP contribution in [0.4, 0.5) is 17.1 Å². The van der Waals surface area contributed by atoms with E-state index < -0.39 is 29.7 Å². The quantitative estimate of drug-likeness (QED) is 0.177. The number of carbonyl (C=O) groups is 5. The highest BCUT2D eigenvalue weighted by Gasteiger charge is 2.27. The number of nitrogens with one attached hydrogen (secondary N) is 3. The monoisotopic (exact) mass is 659 g/mol. The second-order valence-electron chi connectivity index (χ2n) is 10.6. The van der Waals surface area contributed by atoms with Gasteiger partial charge in [-0.15, -0.1) is 5.10 Å². The minimum atomic E-state index is -1.21. The first-order valence-corrected chi connectivity index (χ1v) is 14.7. The molecule has 47 heavy (non-hydrogen) atoms. The van der Waals surface area contributed by atoms with Crippen LogP contribution in [0.1, 0.15) is 15.9 Å². The number of ether oxygens (including phenoxy) is 1. The van der Waals surface area contributed by atoms with Gasteiger partial charge in [-0.3, -0.25) is 24.1 Å². The van der Waals surface area contributed by atoms with E-state index in [2.05, 4.69) is 31.5 Å². The number of halogens is 1. The van der Waals surface area contributed by atoms with Crippen LogP contribution in [0.15, 0.2) is 73.1 Å². The van der Waals surface area contributed by atoms with Crippen LogP contribution in [0.5, 0.6) is 0 Å². The van der Waals surface area contributed by atoms with Gasteiger partial charge in [-0.1, -0.05) is 23.7 Å². The number of piperazine rings is 1. The van der Waals surface area contributed by atoms with E-state index in [9.17, 15) is 24.0 Å². The van der Waals surface area contributed by atoms with Gasteiger partial charge in [0.15, 0.2) is 0 Å². The third kappa shape index (κ3) is 8.14. The van der Waals surface area contributed by atoms with Crippen molar-refractivity contribution in [2.24, 2.45) is 0 Å². The number of methoxy groups -OCH3 is 1. The van der Waals surface area contributed by atoms with Crippen LogP contribution in [0.2, 0.25) is 5.02 Å². The van der Waals surface area contributed by atoms with Gasteiger partial charge in [-0.05, 0) is 77.6 Å². The van der Waals surface area contributed by atoms with Gasteiger partial charge in [-0.25, -0.2) is 4.79 Å². The highest BCUT2D eigenvalue weighted by molar-refractivity contribution is 6.40. The van der Waals surface area contributed by atoms with Crippen molar-refractivity contribution in [1.82, 2.24) is 30.4 Å². The third-order valence-electron chi connectivity index (χ3n) is 7.30. The zero-order valence-electron chi connectivity index (χ0n) is 25.3. The van der Waals surface area contributed by atoms with Crippen LogP contribution in [0.3, 0.4) is 0 Å². The maximum absolute atomic E-state index is 13.5. The van der Waals surface area contributed by atoms with E-state index in [1.807, 2.05) is 11.9 Å². The molecule has 0 aliphatic carbocycles. The molecule has 4 aromatic rings. The fraction of sp³-hybridized carbons (Fsp3) is 0.226. The standard InChI is InChI=1S/C31H30ClN9O6/c1-39-13-14-40(27(42)17-39)23-10-3-19(4-11-23)15-25(28(43)34-22-8-5-20(6-9-22)31(46)47-2)36-30(45)29(44)35-24-16-21(32)7-12-26(24)41-18-33-37-38-41/h3-12,16,18,25H,13-15,17H2,1-2H3,(H,34,43)(H,35,44)(H,36,45). The van der Waals surface area contributed by atoms with Crippen LogP contribution in [0, 0.1) is 0 Å². The summed E-state index contributed by atoms with van der Waals surface area (Å²) in [6.45, 7) is 1.59. The molecule has 1 aliphatic heterocycles. The Morgan fingerprint density at radius 3 is 2.36 bits per heavy atom. The summed E-state index contributed by atoms with van der Waals surface area (Å²) < 4.78 is 5.99. The fourth-order valence-electron chi connectivity index (χ4n) is 4.84. The van der Waals surface area contributed by atoms with Crippen LogP contribution in [-0.2, 0) is 30.3 Å². The summed E-state index contributed by atoms with van der Waals surface area (Å²) in [5.41, 5.74) is 2.51. The Morgan fingerprint density at radius 1 is 0.957 bits per heavy atom. The number of rotatable bonds is 9. The first kappa shape index (κ1) is 32.7. The lowest BCUT2D eigenvalue weighted by Crippen LogP contribution is -2.49. The number of esters is 1. The maximum Gasteiger partial charge on any atom is 0.337 e. The minimum Gasteiger partial charge on any atom is -0.465 e. The lowest BCUT2D eigenvalue weighted by atomic mass is 10.0. The average molecular weight is 660 g/mol. The number of likely N-dealkylation sites (N-methyl/N-ethyl adjacent to an activating group) is 1. The summed E-state index contributed by atoms with van der Waals surface area (Å²) in [4.78, 5) is 67.7. The van der Waals surface area contributed by atoms with Gasteiger partial charge in [0.05, 0.1) is 30.6 Å². The molecule has 242 valence electrons. The highest BCUT2D eigenvalue weighted by Crippen LogP contribution is 2.24. The average Bonchev–Trinajstić information content (AvgIpc) is 3.60. The number of benzene rings is 3. The number of tetrazole rings is 1. The predicted molar refractivity (Wildman–Crippen MR) is 171 cm³/mol. The molecule has 3 aromatic carbocycles. The molecule has 1 aromatic heterocycles. The maximum atomic E-state index is 13.5. The first-order valence-electron chi connectivity index (χ1n) is 14.3. The fourth-order valence-corrected chi connectivity index (χ4v) is 5.01. The Hall–Kier alpha value is -5.67. The van der Waals surface area contributed by atoms with Gasteiger partial charge in [-0.2, -0.15) is 4.68 Å². The van der Waals surface area contributed by atoms with E-state index in [-0.39, 0.29) is 28.6 Å². The summed E-state index contributed by atoms with van der Waals surface area (Å²) in [6.07, 6.45) is 1.32. The van der Waals surface area contributed by atoms with Crippen molar-refractivity contribution in [3.8, 4) is 5.69 Å². The van der Waals surface area contributed by atoms with E-state index in [4.69, 9.17) is 16.3 Å². The van der Waals surface area contributed by atoms with E-state index in [1.165, 1.54) is 48.5 Å². The number of anilines is 3. The van der Waals surface area contributed by atoms with Crippen molar-refractivity contribution in [2.45, 2.75) is 12.5 Å². The summed E-state index contributed by atoms with van der Waals surface area (Å²) in [5.74, 6) is -3.33. The Kier molecular flexibility index (Phi) is 10.2. The Morgan fingerprint density at radius 2 is 1.70 bits per heavy atom. The zero-order chi connectivity index (χ0) is 33.5. The lowest BCUT2D eigenvalue weighted by molar-refractivity contribution is -0.137. The molecule has 5 rings (SSSR count). The molecule has 0 bridgehead atoms. The summed E-state index contributed by atoms with van der Waals surface area (Å²) in [5, 5.41) is 19.0. The summed E-state index contributed by atoms with van der Waals surface area (Å²) in [7, 11) is 3.14. The number of aromatic nitrogens is 4.